The van der Waals surface area contributed by atoms with E-state index in [1.807, 2.05) is 6.92 Å². The molecular formula is C13H20N4O3. The molecule has 1 aliphatic rings. The number of urea groups is 1. The predicted molar refractivity (Wildman–Crippen MR) is 73.4 cm³/mol. The molecule has 2 rings (SSSR count). The van der Waals surface area contributed by atoms with Gasteiger partial charge >= 0.3 is 6.03 Å². The zero-order valence-electron chi connectivity index (χ0n) is 11.8. The lowest BCUT2D eigenvalue weighted by atomic mass is 9.93. The number of amides is 2. The third kappa shape index (κ3) is 4.14. The minimum absolute atomic E-state index is 0.231. The van der Waals surface area contributed by atoms with Gasteiger partial charge in [0.15, 0.2) is 0 Å². The van der Waals surface area contributed by atoms with Crippen LogP contribution in [0.5, 0.6) is 0 Å². The van der Waals surface area contributed by atoms with Gasteiger partial charge in [-0.3, -0.25) is 5.32 Å². The first kappa shape index (κ1) is 14.7. The summed E-state index contributed by atoms with van der Waals surface area (Å²) in [6.45, 7) is 3.74. The van der Waals surface area contributed by atoms with Crippen LogP contribution in [0.3, 0.4) is 0 Å². The van der Waals surface area contributed by atoms with Crippen molar-refractivity contribution in [1.82, 2.24) is 15.3 Å². The Morgan fingerprint density at radius 2 is 2.20 bits per heavy atom. The van der Waals surface area contributed by atoms with E-state index in [2.05, 4.69) is 20.6 Å². The zero-order valence-corrected chi connectivity index (χ0v) is 11.8. The van der Waals surface area contributed by atoms with Crippen molar-refractivity contribution >= 4 is 11.8 Å². The Balaban J connectivity index is 1.92. The molecule has 0 aliphatic carbocycles. The molecule has 110 valence electrons. The summed E-state index contributed by atoms with van der Waals surface area (Å²) in [4.78, 5) is 20.1. The number of hydrogen-bond donors (Lipinski definition) is 2. The first-order valence-electron chi connectivity index (χ1n) is 6.58. The number of aromatic nitrogens is 2. The third-order valence-electron chi connectivity index (χ3n) is 3.27. The smallest absolute Gasteiger partial charge is 0.320 e. The van der Waals surface area contributed by atoms with Crippen molar-refractivity contribution in [2.75, 3.05) is 25.6 Å². The van der Waals surface area contributed by atoms with E-state index in [1.165, 1.54) is 6.33 Å². The zero-order chi connectivity index (χ0) is 14.4. The average molecular weight is 280 g/mol. The molecule has 1 saturated heterocycles. The van der Waals surface area contributed by atoms with Gasteiger partial charge in [0.2, 0.25) is 0 Å². The molecule has 0 aromatic carbocycles. The van der Waals surface area contributed by atoms with Crippen LogP contribution in [0, 0.1) is 0 Å². The molecule has 20 heavy (non-hydrogen) atoms. The number of rotatable bonds is 4. The number of methoxy groups -OCH3 is 1. The molecular weight excluding hydrogens is 260 g/mol. The molecule has 1 aromatic heterocycles. The van der Waals surface area contributed by atoms with Crippen molar-refractivity contribution in [2.24, 2.45) is 0 Å². The van der Waals surface area contributed by atoms with Crippen LogP contribution in [0.2, 0.25) is 0 Å². The van der Waals surface area contributed by atoms with Gasteiger partial charge in [0, 0.05) is 31.9 Å². The van der Waals surface area contributed by atoms with E-state index in [0.29, 0.717) is 25.6 Å². The third-order valence-corrected chi connectivity index (χ3v) is 3.27. The summed E-state index contributed by atoms with van der Waals surface area (Å²) in [5.74, 6) is 0.459. The van der Waals surface area contributed by atoms with Gasteiger partial charge in [-0.15, -0.1) is 0 Å². The van der Waals surface area contributed by atoms with Crippen molar-refractivity contribution in [3.8, 4) is 0 Å². The van der Waals surface area contributed by atoms with Gasteiger partial charge in [-0.2, -0.15) is 0 Å². The van der Waals surface area contributed by atoms with E-state index < -0.39 is 0 Å². The summed E-state index contributed by atoms with van der Waals surface area (Å²) in [5.41, 5.74) is 0.486. The van der Waals surface area contributed by atoms with Gasteiger partial charge in [-0.25, -0.2) is 14.8 Å². The minimum Gasteiger partial charge on any atom is -0.381 e. The monoisotopic (exact) mass is 280 g/mol. The molecule has 2 N–H and O–H groups in total. The van der Waals surface area contributed by atoms with Crippen LogP contribution in [0.25, 0.3) is 0 Å². The highest BCUT2D eigenvalue weighted by Crippen LogP contribution is 2.19. The average Bonchev–Trinajstić information content (AvgIpc) is 2.39. The number of hydrogen-bond acceptors (Lipinski definition) is 5. The second-order valence-electron chi connectivity index (χ2n) is 5.08. The van der Waals surface area contributed by atoms with Gasteiger partial charge in [-0.1, -0.05) is 0 Å². The van der Waals surface area contributed by atoms with Crippen LogP contribution in [-0.2, 0) is 16.1 Å². The summed E-state index contributed by atoms with van der Waals surface area (Å²) in [7, 11) is 1.59. The summed E-state index contributed by atoms with van der Waals surface area (Å²) in [6.07, 6.45) is 3.01. The molecule has 1 aliphatic heterocycles. The highest BCUT2D eigenvalue weighted by Gasteiger charge is 2.29. The minimum atomic E-state index is -0.267. The largest absolute Gasteiger partial charge is 0.381 e. The molecule has 1 aromatic rings. The Hall–Kier alpha value is -1.73. The lowest BCUT2D eigenvalue weighted by molar-refractivity contribution is 0.0499. The van der Waals surface area contributed by atoms with Crippen molar-refractivity contribution < 1.29 is 14.3 Å². The Labute approximate surface area is 118 Å². The molecule has 0 saturated carbocycles. The lowest BCUT2D eigenvalue weighted by Crippen LogP contribution is -2.51. The van der Waals surface area contributed by atoms with E-state index in [9.17, 15) is 4.79 Å². The van der Waals surface area contributed by atoms with Crippen molar-refractivity contribution in [3.05, 3.63) is 18.1 Å². The highest BCUT2D eigenvalue weighted by atomic mass is 16.5. The number of carbonyl (C=O) groups is 1. The molecule has 7 heteroatoms. The fourth-order valence-corrected chi connectivity index (χ4v) is 2.06. The molecule has 0 bridgehead atoms. The molecule has 1 fully saturated rings. The van der Waals surface area contributed by atoms with Gasteiger partial charge in [0.25, 0.3) is 0 Å². The maximum atomic E-state index is 12.0. The molecule has 0 radical (unpaired) electrons. The fraction of sp³-hybridized carbons (Fsp3) is 0.615. The molecule has 2 heterocycles. The van der Waals surface area contributed by atoms with E-state index in [1.54, 1.807) is 13.2 Å². The van der Waals surface area contributed by atoms with Gasteiger partial charge in [0.1, 0.15) is 12.1 Å². The number of carbonyl (C=O) groups excluding carboxylic acids is 1. The Morgan fingerprint density at radius 1 is 1.45 bits per heavy atom. The summed E-state index contributed by atoms with van der Waals surface area (Å²) in [6, 6.07) is 1.42. The molecule has 0 atom stereocenters. The Kier molecular flexibility index (Phi) is 4.86. The van der Waals surface area contributed by atoms with Gasteiger partial charge < -0.3 is 14.8 Å². The predicted octanol–water partition coefficient (Wildman–Crippen LogP) is 1.31. The van der Waals surface area contributed by atoms with E-state index in [0.717, 1.165) is 18.5 Å². The first-order chi connectivity index (χ1) is 9.61. The van der Waals surface area contributed by atoms with Crippen molar-refractivity contribution in [2.45, 2.75) is 31.9 Å². The summed E-state index contributed by atoms with van der Waals surface area (Å²) in [5, 5.41) is 5.69. The summed E-state index contributed by atoms with van der Waals surface area (Å²) < 4.78 is 10.3. The second kappa shape index (κ2) is 6.62. The summed E-state index contributed by atoms with van der Waals surface area (Å²) >= 11 is 0. The first-order valence-corrected chi connectivity index (χ1v) is 6.58. The Bertz CT molecular complexity index is 461. The molecule has 0 spiro atoms. The van der Waals surface area contributed by atoms with Gasteiger partial charge in [0.05, 0.1) is 12.3 Å². The van der Waals surface area contributed by atoms with Crippen LogP contribution >= 0.6 is 0 Å². The molecule has 7 nitrogen and oxygen atoms in total. The number of ether oxygens (including phenoxy) is 2. The van der Waals surface area contributed by atoms with E-state index in [4.69, 9.17) is 9.47 Å². The van der Waals surface area contributed by atoms with Crippen LogP contribution in [0.15, 0.2) is 12.4 Å². The van der Waals surface area contributed by atoms with Crippen molar-refractivity contribution in [3.63, 3.8) is 0 Å². The van der Waals surface area contributed by atoms with Crippen LogP contribution < -0.4 is 10.6 Å². The number of anilines is 1. The second-order valence-corrected chi connectivity index (χ2v) is 5.08. The maximum Gasteiger partial charge on any atom is 0.320 e. The van der Waals surface area contributed by atoms with Crippen molar-refractivity contribution in [1.29, 1.82) is 0 Å². The standard InChI is InChI=1S/C13H20N4O3/c1-13(3-5-20-6-4-13)17-12(18)16-11-7-10(8-19-2)14-9-15-11/h7,9H,3-6,8H2,1-2H3,(H2,14,15,16,17,18). The normalized spacial score (nSPS) is 17.5. The van der Waals surface area contributed by atoms with Crippen LogP contribution in [-0.4, -0.2) is 41.9 Å². The number of nitrogens with zero attached hydrogens (tertiary/aromatic N) is 2. The fourth-order valence-electron chi connectivity index (χ4n) is 2.06. The SMILES string of the molecule is COCc1cc(NC(=O)NC2(C)CCOCC2)ncn1. The maximum absolute atomic E-state index is 12.0. The highest BCUT2D eigenvalue weighted by molar-refractivity contribution is 5.88. The van der Waals surface area contributed by atoms with Gasteiger partial charge in [-0.05, 0) is 19.8 Å². The molecule has 0 unspecified atom stereocenters. The quantitative estimate of drug-likeness (QED) is 0.868. The van der Waals surface area contributed by atoms with Crippen LogP contribution in [0.1, 0.15) is 25.5 Å². The van der Waals surface area contributed by atoms with Crippen LogP contribution in [0.4, 0.5) is 10.6 Å². The van der Waals surface area contributed by atoms with E-state index in [-0.39, 0.29) is 11.6 Å². The number of nitrogens with one attached hydrogen (secondary N) is 2. The van der Waals surface area contributed by atoms with E-state index >= 15 is 0 Å². The topological polar surface area (TPSA) is 85.4 Å². The Morgan fingerprint density at radius 3 is 2.90 bits per heavy atom. The molecule has 2 amide bonds. The lowest BCUT2D eigenvalue weighted by Gasteiger charge is -2.34.